The molecular formula is C28H29NO6. The van der Waals surface area contributed by atoms with E-state index in [1.807, 2.05) is 84.9 Å². The average molecular weight is 476 g/mol. The summed E-state index contributed by atoms with van der Waals surface area (Å²) in [6.45, 7) is 0.963. The van der Waals surface area contributed by atoms with Gasteiger partial charge in [0.25, 0.3) is 0 Å². The molecule has 0 saturated carbocycles. The second-order valence-electron chi connectivity index (χ2n) is 8.05. The van der Waals surface area contributed by atoms with Crippen LogP contribution in [0, 0.1) is 0 Å². The van der Waals surface area contributed by atoms with Crippen LogP contribution < -0.4 is 4.74 Å². The topological polar surface area (TPSA) is 75.6 Å². The monoisotopic (exact) mass is 475 g/mol. The van der Waals surface area contributed by atoms with Crippen LogP contribution in [-0.2, 0) is 37.0 Å². The second-order valence-corrected chi connectivity index (χ2v) is 8.05. The number of carbonyl (C=O) groups is 1. The van der Waals surface area contributed by atoms with Crippen LogP contribution in [0.4, 0.5) is 0 Å². The van der Waals surface area contributed by atoms with E-state index in [0.717, 1.165) is 16.7 Å². The first-order chi connectivity index (χ1) is 17.2. The molecule has 0 unspecified atom stereocenters. The number of carbonyl (C=O) groups excluding carboxylic acids is 1. The Kier molecular flexibility index (Phi) is 8.48. The van der Waals surface area contributed by atoms with Gasteiger partial charge in [-0.2, -0.15) is 0 Å². The van der Waals surface area contributed by atoms with Crippen LogP contribution >= 0.6 is 0 Å². The number of hydrogen-bond acceptors (Lipinski definition) is 7. The molecule has 7 heteroatoms. The van der Waals surface area contributed by atoms with Crippen molar-refractivity contribution in [1.82, 2.24) is 0 Å². The lowest BCUT2D eigenvalue weighted by atomic mass is 10.1. The number of esters is 1. The van der Waals surface area contributed by atoms with Crippen molar-refractivity contribution in [2.24, 2.45) is 4.99 Å². The standard InChI is InChI=1S/C28H29NO6/c1-31-23-15-13-22(14-16-23)27-29-25(28(30)32-2)26(35-27)24(34-18-21-11-7-4-8-12-21)19-33-17-20-9-5-3-6-10-20/h3-16,24-26H,17-19H2,1-2H3/t24-,25+,26-/m1/s1. The van der Waals surface area contributed by atoms with Gasteiger partial charge in [-0.3, -0.25) is 0 Å². The van der Waals surface area contributed by atoms with Crippen molar-refractivity contribution < 1.29 is 28.5 Å². The number of nitrogens with zero attached hydrogens (tertiary/aromatic N) is 1. The summed E-state index contributed by atoms with van der Waals surface area (Å²) in [7, 11) is 2.94. The third-order valence-corrected chi connectivity index (χ3v) is 5.66. The first kappa shape index (κ1) is 24.4. The molecule has 182 valence electrons. The quantitative estimate of drug-likeness (QED) is 0.387. The lowest BCUT2D eigenvalue weighted by Gasteiger charge is -2.26. The molecule has 0 spiro atoms. The Bertz CT molecular complexity index is 1100. The van der Waals surface area contributed by atoms with Gasteiger partial charge in [-0.25, -0.2) is 9.79 Å². The number of rotatable bonds is 11. The summed E-state index contributed by atoms with van der Waals surface area (Å²) >= 11 is 0. The van der Waals surface area contributed by atoms with E-state index in [2.05, 4.69) is 4.99 Å². The summed E-state index contributed by atoms with van der Waals surface area (Å²) < 4.78 is 28.7. The van der Waals surface area contributed by atoms with Crippen LogP contribution in [0.25, 0.3) is 0 Å². The van der Waals surface area contributed by atoms with Crippen molar-refractivity contribution >= 4 is 11.9 Å². The van der Waals surface area contributed by atoms with Crippen LogP contribution in [0.5, 0.6) is 5.75 Å². The Labute approximate surface area is 205 Å². The highest BCUT2D eigenvalue weighted by Gasteiger charge is 2.43. The highest BCUT2D eigenvalue weighted by atomic mass is 16.6. The molecule has 0 radical (unpaired) electrons. The lowest BCUT2D eigenvalue weighted by Crippen LogP contribution is -2.44. The molecule has 0 amide bonds. The number of methoxy groups -OCH3 is 2. The van der Waals surface area contributed by atoms with E-state index in [-0.39, 0.29) is 6.61 Å². The van der Waals surface area contributed by atoms with Gasteiger partial charge in [-0.05, 0) is 35.4 Å². The van der Waals surface area contributed by atoms with Crippen LogP contribution in [0.15, 0.2) is 89.9 Å². The van der Waals surface area contributed by atoms with Gasteiger partial charge in [-0.15, -0.1) is 0 Å². The van der Waals surface area contributed by atoms with Gasteiger partial charge in [-0.1, -0.05) is 60.7 Å². The molecule has 0 aromatic heterocycles. The fraction of sp³-hybridized carbons (Fsp3) is 0.286. The Hall–Kier alpha value is -3.68. The molecule has 3 atom stereocenters. The minimum Gasteiger partial charge on any atom is -0.497 e. The fourth-order valence-corrected chi connectivity index (χ4v) is 3.77. The Morgan fingerprint density at radius 2 is 1.51 bits per heavy atom. The van der Waals surface area contributed by atoms with E-state index in [4.69, 9.17) is 23.7 Å². The van der Waals surface area contributed by atoms with Gasteiger partial charge in [0.15, 0.2) is 12.1 Å². The Balaban J connectivity index is 1.52. The summed E-state index contributed by atoms with van der Waals surface area (Å²) in [6.07, 6.45) is -1.28. The molecule has 1 heterocycles. The van der Waals surface area contributed by atoms with E-state index in [9.17, 15) is 4.79 Å². The molecule has 1 aliphatic heterocycles. The first-order valence-corrected chi connectivity index (χ1v) is 11.4. The maximum atomic E-state index is 12.7. The van der Waals surface area contributed by atoms with Crippen LogP contribution in [0.1, 0.15) is 16.7 Å². The normalized spacial score (nSPS) is 17.8. The molecule has 35 heavy (non-hydrogen) atoms. The highest BCUT2D eigenvalue weighted by molar-refractivity contribution is 5.98. The molecule has 0 aliphatic carbocycles. The van der Waals surface area contributed by atoms with E-state index in [1.54, 1.807) is 7.11 Å². The second kappa shape index (κ2) is 12.1. The molecule has 0 fully saturated rings. The number of benzene rings is 3. The van der Waals surface area contributed by atoms with Crippen molar-refractivity contribution in [3.63, 3.8) is 0 Å². The molecule has 0 bridgehead atoms. The Morgan fingerprint density at radius 1 is 0.886 bits per heavy atom. The third kappa shape index (κ3) is 6.47. The van der Waals surface area contributed by atoms with Crippen molar-refractivity contribution in [3.8, 4) is 5.75 Å². The predicted molar refractivity (Wildman–Crippen MR) is 131 cm³/mol. The van der Waals surface area contributed by atoms with Crippen LogP contribution in [0.3, 0.4) is 0 Å². The lowest BCUT2D eigenvalue weighted by molar-refractivity contribution is -0.148. The SMILES string of the molecule is COC(=O)[C@H]1N=C(c2ccc(OC)cc2)O[C@@H]1[C@@H](COCc1ccccc1)OCc1ccccc1. The van der Waals surface area contributed by atoms with Gasteiger partial charge in [0, 0.05) is 5.56 Å². The predicted octanol–water partition coefficient (Wildman–Crippen LogP) is 4.18. The molecule has 3 aromatic rings. The fourth-order valence-electron chi connectivity index (χ4n) is 3.77. The van der Waals surface area contributed by atoms with Gasteiger partial charge in [0.1, 0.15) is 11.9 Å². The molecule has 7 nitrogen and oxygen atoms in total. The Morgan fingerprint density at radius 3 is 2.11 bits per heavy atom. The minimum absolute atomic E-state index is 0.214. The van der Waals surface area contributed by atoms with Gasteiger partial charge in [0.05, 0.1) is 34.0 Å². The largest absolute Gasteiger partial charge is 0.497 e. The maximum absolute atomic E-state index is 12.7. The summed E-state index contributed by atoms with van der Waals surface area (Å²) in [5, 5.41) is 0. The molecule has 3 aromatic carbocycles. The number of ether oxygens (including phenoxy) is 5. The van der Waals surface area contributed by atoms with Gasteiger partial charge >= 0.3 is 5.97 Å². The van der Waals surface area contributed by atoms with Crippen molar-refractivity contribution in [2.75, 3.05) is 20.8 Å². The third-order valence-electron chi connectivity index (χ3n) is 5.66. The zero-order valence-corrected chi connectivity index (χ0v) is 19.8. The van der Waals surface area contributed by atoms with E-state index < -0.39 is 24.2 Å². The number of aliphatic imine (C=N–C) groups is 1. The first-order valence-electron chi connectivity index (χ1n) is 11.4. The summed E-state index contributed by atoms with van der Waals surface area (Å²) in [5.41, 5.74) is 2.78. The average Bonchev–Trinajstić information content (AvgIpc) is 3.36. The molecule has 1 aliphatic rings. The summed E-state index contributed by atoms with van der Waals surface area (Å²) in [6, 6.07) is 26.1. The van der Waals surface area contributed by atoms with E-state index >= 15 is 0 Å². The van der Waals surface area contributed by atoms with Crippen molar-refractivity contribution in [2.45, 2.75) is 31.5 Å². The molecule has 0 N–H and O–H groups in total. The molecule has 0 saturated heterocycles. The van der Waals surface area contributed by atoms with E-state index in [0.29, 0.717) is 24.9 Å². The molecule has 4 rings (SSSR count). The summed E-state index contributed by atoms with van der Waals surface area (Å²) in [4.78, 5) is 17.2. The molecular weight excluding hydrogens is 446 g/mol. The minimum atomic E-state index is -0.877. The zero-order valence-electron chi connectivity index (χ0n) is 19.8. The van der Waals surface area contributed by atoms with Crippen molar-refractivity contribution in [1.29, 1.82) is 0 Å². The van der Waals surface area contributed by atoms with Crippen LogP contribution in [0.2, 0.25) is 0 Å². The highest BCUT2D eigenvalue weighted by Crippen LogP contribution is 2.26. The zero-order chi connectivity index (χ0) is 24.5. The van der Waals surface area contributed by atoms with Gasteiger partial charge in [0.2, 0.25) is 5.90 Å². The van der Waals surface area contributed by atoms with Gasteiger partial charge < -0.3 is 23.7 Å². The number of hydrogen-bond donors (Lipinski definition) is 0. The van der Waals surface area contributed by atoms with E-state index in [1.165, 1.54) is 7.11 Å². The van der Waals surface area contributed by atoms with Crippen LogP contribution in [-0.4, -0.2) is 50.9 Å². The van der Waals surface area contributed by atoms with Crippen molar-refractivity contribution in [3.05, 3.63) is 102 Å². The summed E-state index contributed by atoms with van der Waals surface area (Å²) in [5.74, 6) is 0.575. The smallest absolute Gasteiger partial charge is 0.334 e. The maximum Gasteiger partial charge on any atom is 0.334 e.